The van der Waals surface area contributed by atoms with Crippen LogP contribution in [0.5, 0.6) is 0 Å². The molecule has 2 atom stereocenters. The monoisotopic (exact) mass is 729 g/mol. The van der Waals surface area contributed by atoms with Gasteiger partial charge in [0, 0.05) is 44.9 Å². The zero-order chi connectivity index (χ0) is 37.7. The Morgan fingerprint density at radius 3 is 1.89 bits per heavy atom. The minimum absolute atomic E-state index is 0.251. The molecular weight excluding hydrogens is 695 g/mol. The van der Waals surface area contributed by atoms with Gasteiger partial charge in [0.1, 0.15) is 11.2 Å². The summed E-state index contributed by atoms with van der Waals surface area (Å²) in [6.07, 6.45) is 15.4. The highest BCUT2D eigenvalue weighted by molar-refractivity contribution is 6.15. The van der Waals surface area contributed by atoms with Crippen molar-refractivity contribution < 1.29 is 4.42 Å². The number of furan rings is 1. The van der Waals surface area contributed by atoms with Crippen molar-refractivity contribution in [1.29, 1.82) is 0 Å². The van der Waals surface area contributed by atoms with Gasteiger partial charge in [-0.3, -0.25) is 0 Å². The summed E-state index contributed by atoms with van der Waals surface area (Å²) >= 11 is 0. The van der Waals surface area contributed by atoms with Crippen LogP contribution >= 0.6 is 0 Å². The third kappa shape index (κ3) is 5.99. The summed E-state index contributed by atoms with van der Waals surface area (Å²) in [6.45, 7) is 0. The molecule has 0 radical (unpaired) electrons. The third-order valence-electron chi connectivity index (χ3n) is 11.3. The highest BCUT2D eigenvalue weighted by atomic mass is 16.3. The Hall–Kier alpha value is -7.43. The highest BCUT2D eigenvalue weighted by Crippen LogP contribution is 2.41. The first kappa shape index (κ1) is 33.0. The minimum atomic E-state index is 0.251. The van der Waals surface area contributed by atoms with Crippen LogP contribution in [0.25, 0.3) is 94.4 Å². The van der Waals surface area contributed by atoms with Gasteiger partial charge < -0.3 is 4.42 Å². The molecule has 4 heteroatoms. The standard InChI is InChI=1S/C53H35N3O/c1-2-10-34(11-3-1)37-20-26-39(27-21-37)45-16-8-17-46-49-47(18-9-19-48(49)57-50(45)46)53-55-51(54-52(56-53)44-31-25-36-13-5-7-15-42(36)33-44)40-28-22-38(23-29-40)43-30-24-35-12-4-6-14-41(35)32-43/h1-33,36,42H. The Balaban J connectivity index is 1.03. The Bertz CT molecular complexity index is 3110. The van der Waals surface area contributed by atoms with Gasteiger partial charge in [0.2, 0.25) is 0 Å². The quantitative estimate of drug-likeness (QED) is 0.171. The molecule has 0 fully saturated rings. The first-order chi connectivity index (χ1) is 28.2. The summed E-state index contributed by atoms with van der Waals surface area (Å²) in [5, 5.41) is 4.46. The molecule has 2 aromatic heterocycles. The van der Waals surface area contributed by atoms with Crippen molar-refractivity contribution in [3.8, 4) is 56.2 Å². The molecule has 0 saturated heterocycles. The molecule has 0 bridgehead atoms. The van der Waals surface area contributed by atoms with Crippen molar-refractivity contribution >= 4 is 38.3 Å². The Labute approximate surface area is 330 Å². The van der Waals surface area contributed by atoms with Gasteiger partial charge in [0.05, 0.1) is 0 Å². The largest absolute Gasteiger partial charge is 0.455 e. The molecular formula is C53H35N3O. The van der Waals surface area contributed by atoms with Gasteiger partial charge in [-0.05, 0) is 50.7 Å². The van der Waals surface area contributed by atoms with Crippen LogP contribution in [0.15, 0.2) is 205 Å². The number of para-hydroxylation sites is 1. The van der Waals surface area contributed by atoms with Crippen molar-refractivity contribution in [3.63, 3.8) is 0 Å². The molecule has 0 N–H and O–H groups in total. The van der Waals surface area contributed by atoms with Crippen LogP contribution in [0.4, 0.5) is 0 Å². The molecule has 268 valence electrons. The summed E-state index contributed by atoms with van der Waals surface area (Å²) in [5.74, 6) is 2.46. The number of benzene rings is 7. The molecule has 7 aromatic carbocycles. The normalized spacial score (nSPS) is 16.0. The zero-order valence-electron chi connectivity index (χ0n) is 31.0. The van der Waals surface area contributed by atoms with Gasteiger partial charge in [0.15, 0.2) is 17.5 Å². The molecule has 11 rings (SSSR count). The summed E-state index contributed by atoms with van der Waals surface area (Å²) in [5.41, 5.74) is 11.3. The molecule has 2 aliphatic rings. The summed E-state index contributed by atoms with van der Waals surface area (Å²) in [7, 11) is 0. The van der Waals surface area contributed by atoms with Crippen LogP contribution in [-0.4, -0.2) is 15.0 Å². The SMILES string of the molecule is C1=CC2C=CC(c3nc(-c4ccc(-c5ccc6ccccc6c5)cc4)nc(-c4cccc5oc6c(-c7ccc(-c8ccccc8)cc7)cccc6c45)n3)=CC2C=C1. The van der Waals surface area contributed by atoms with Crippen LogP contribution in [0, 0.1) is 11.8 Å². The van der Waals surface area contributed by atoms with Crippen LogP contribution in [-0.2, 0) is 0 Å². The van der Waals surface area contributed by atoms with Crippen molar-refractivity contribution in [2.24, 2.45) is 11.8 Å². The molecule has 0 aliphatic heterocycles. The number of aromatic nitrogens is 3. The predicted molar refractivity (Wildman–Crippen MR) is 234 cm³/mol. The lowest BCUT2D eigenvalue weighted by molar-refractivity contribution is 0.662. The fourth-order valence-corrected chi connectivity index (χ4v) is 8.30. The molecule has 4 nitrogen and oxygen atoms in total. The van der Waals surface area contributed by atoms with E-state index >= 15 is 0 Å². The van der Waals surface area contributed by atoms with Gasteiger partial charge >= 0.3 is 0 Å². The number of hydrogen-bond donors (Lipinski definition) is 0. The van der Waals surface area contributed by atoms with E-state index in [4.69, 9.17) is 19.4 Å². The summed E-state index contributed by atoms with van der Waals surface area (Å²) in [4.78, 5) is 15.6. The van der Waals surface area contributed by atoms with Gasteiger partial charge in [-0.1, -0.05) is 188 Å². The van der Waals surface area contributed by atoms with E-state index in [9.17, 15) is 0 Å². The van der Waals surface area contributed by atoms with Crippen LogP contribution in [0.3, 0.4) is 0 Å². The topological polar surface area (TPSA) is 51.8 Å². The molecule has 0 spiro atoms. The molecule has 9 aromatic rings. The minimum Gasteiger partial charge on any atom is -0.455 e. The maximum atomic E-state index is 6.71. The first-order valence-electron chi connectivity index (χ1n) is 19.4. The Morgan fingerprint density at radius 2 is 1.05 bits per heavy atom. The van der Waals surface area contributed by atoms with Crippen molar-refractivity contribution in [2.45, 2.75) is 0 Å². The number of hydrogen-bond acceptors (Lipinski definition) is 4. The average Bonchev–Trinajstić information content (AvgIpc) is 3.68. The molecule has 2 heterocycles. The lowest BCUT2D eigenvalue weighted by Crippen LogP contribution is -2.12. The first-order valence-corrected chi connectivity index (χ1v) is 19.4. The number of rotatable bonds is 6. The second kappa shape index (κ2) is 13.7. The zero-order valence-corrected chi connectivity index (χ0v) is 31.0. The second-order valence-electron chi connectivity index (χ2n) is 14.8. The summed E-state index contributed by atoms with van der Waals surface area (Å²) in [6, 6.07) is 55.3. The number of fused-ring (bicyclic) bond motifs is 5. The number of allylic oxidation sites excluding steroid dienone is 8. The third-order valence-corrected chi connectivity index (χ3v) is 11.3. The lowest BCUT2D eigenvalue weighted by atomic mass is 9.83. The van der Waals surface area contributed by atoms with Gasteiger partial charge in [-0.2, -0.15) is 0 Å². The summed E-state index contributed by atoms with van der Waals surface area (Å²) < 4.78 is 6.71. The molecule has 57 heavy (non-hydrogen) atoms. The number of nitrogens with zero attached hydrogens (tertiary/aromatic N) is 3. The van der Waals surface area contributed by atoms with Gasteiger partial charge in [-0.15, -0.1) is 0 Å². The van der Waals surface area contributed by atoms with Crippen molar-refractivity contribution in [2.75, 3.05) is 0 Å². The van der Waals surface area contributed by atoms with E-state index in [2.05, 4.69) is 182 Å². The van der Waals surface area contributed by atoms with Crippen molar-refractivity contribution in [1.82, 2.24) is 15.0 Å². The van der Waals surface area contributed by atoms with Gasteiger partial charge in [0.25, 0.3) is 0 Å². The smallest absolute Gasteiger partial charge is 0.164 e. The second-order valence-corrected chi connectivity index (χ2v) is 14.8. The van der Waals surface area contributed by atoms with Crippen LogP contribution in [0.2, 0.25) is 0 Å². The van der Waals surface area contributed by atoms with E-state index in [1.165, 1.54) is 27.5 Å². The predicted octanol–water partition coefficient (Wildman–Crippen LogP) is 13.6. The Morgan fingerprint density at radius 1 is 0.421 bits per heavy atom. The fraction of sp³-hybridized carbons (Fsp3) is 0.0377. The lowest BCUT2D eigenvalue weighted by Gasteiger charge is -2.22. The van der Waals surface area contributed by atoms with Crippen LogP contribution in [0.1, 0.15) is 5.82 Å². The fourth-order valence-electron chi connectivity index (χ4n) is 8.30. The van der Waals surface area contributed by atoms with Crippen LogP contribution < -0.4 is 0 Å². The van der Waals surface area contributed by atoms with E-state index in [0.29, 0.717) is 23.4 Å². The van der Waals surface area contributed by atoms with E-state index in [0.717, 1.165) is 55.3 Å². The molecule has 0 saturated carbocycles. The highest BCUT2D eigenvalue weighted by Gasteiger charge is 2.23. The molecule has 2 aliphatic carbocycles. The molecule has 2 unspecified atom stereocenters. The Kier molecular flexibility index (Phi) is 7.92. The molecule has 0 amide bonds. The van der Waals surface area contributed by atoms with E-state index in [-0.39, 0.29) is 5.92 Å². The van der Waals surface area contributed by atoms with Gasteiger partial charge in [-0.25, -0.2) is 15.0 Å². The van der Waals surface area contributed by atoms with E-state index < -0.39 is 0 Å². The maximum absolute atomic E-state index is 6.71. The average molecular weight is 730 g/mol. The van der Waals surface area contributed by atoms with E-state index in [1.54, 1.807) is 0 Å². The maximum Gasteiger partial charge on any atom is 0.164 e. The van der Waals surface area contributed by atoms with E-state index in [1.807, 2.05) is 18.2 Å². The van der Waals surface area contributed by atoms with Crippen molar-refractivity contribution in [3.05, 3.63) is 206 Å².